The number of hydrogen-bond acceptors (Lipinski definition) is 5. The van der Waals surface area contributed by atoms with E-state index < -0.39 is 0 Å². The molecule has 1 saturated carbocycles. The zero-order valence-electron chi connectivity index (χ0n) is 9.90. The summed E-state index contributed by atoms with van der Waals surface area (Å²) in [4.78, 5) is 4.35. The number of ether oxygens (including phenoxy) is 1. The first-order valence-electron chi connectivity index (χ1n) is 5.86. The van der Waals surface area contributed by atoms with E-state index in [9.17, 15) is 0 Å². The molecule has 0 amide bonds. The molecule has 0 saturated heterocycles. The maximum Gasteiger partial charge on any atom is 0.202 e. The average Bonchev–Trinajstić information content (AvgIpc) is 2.99. The van der Waals surface area contributed by atoms with Crippen LogP contribution in [0, 0.1) is 5.92 Å². The molecule has 16 heavy (non-hydrogen) atoms. The van der Waals surface area contributed by atoms with Gasteiger partial charge < -0.3 is 10.1 Å². The molecule has 0 spiro atoms. The number of aromatic nitrogens is 2. The molecule has 1 fully saturated rings. The fourth-order valence-corrected chi connectivity index (χ4v) is 2.36. The van der Waals surface area contributed by atoms with E-state index in [1.165, 1.54) is 37.2 Å². The highest BCUT2D eigenvalue weighted by atomic mass is 32.1. The molecule has 1 heterocycles. The molecule has 0 aromatic carbocycles. The Morgan fingerprint density at radius 1 is 1.56 bits per heavy atom. The number of anilines is 1. The Kier molecular flexibility index (Phi) is 4.12. The SMILES string of the molecule is COCc1nsc(NC(C)CCC2CC2)n1. The summed E-state index contributed by atoms with van der Waals surface area (Å²) in [6.07, 6.45) is 5.44. The molecule has 4 nitrogen and oxygen atoms in total. The minimum absolute atomic E-state index is 0.490. The van der Waals surface area contributed by atoms with Crippen molar-refractivity contribution in [3.05, 3.63) is 5.82 Å². The Balaban J connectivity index is 1.73. The summed E-state index contributed by atoms with van der Waals surface area (Å²) in [5, 5.41) is 4.31. The molecule has 5 heteroatoms. The molecule has 1 aromatic rings. The molecule has 1 N–H and O–H groups in total. The van der Waals surface area contributed by atoms with Crippen LogP contribution in [0.15, 0.2) is 0 Å². The van der Waals surface area contributed by atoms with Crippen LogP contribution in [-0.2, 0) is 11.3 Å². The topological polar surface area (TPSA) is 47.0 Å². The van der Waals surface area contributed by atoms with Gasteiger partial charge in [0.2, 0.25) is 5.13 Å². The highest BCUT2D eigenvalue weighted by Crippen LogP contribution is 2.34. The molecular weight excluding hydrogens is 222 g/mol. The molecule has 1 aliphatic rings. The van der Waals surface area contributed by atoms with Gasteiger partial charge in [-0.3, -0.25) is 0 Å². The smallest absolute Gasteiger partial charge is 0.202 e. The summed E-state index contributed by atoms with van der Waals surface area (Å²) in [5.41, 5.74) is 0. The number of methoxy groups -OCH3 is 1. The van der Waals surface area contributed by atoms with Crippen molar-refractivity contribution < 1.29 is 4.74 Å². The molecule has 2 rings (SSSR count). The van der Waals surface area contributed by atoms with Gasteiger partial charge in [0.15, 0.2) is 5.82 Å². The normalized spacial score (nSPS) is 17.4. The van der Waals surface area contributed by atoms with E-state index in [1.54, 1.807) is 7.11 Å². The van der Waals surface area contributed by atoms with Crippen LogP contribution in [-0.4, -0.2) is 22.5 Å². The molecule has 1 unspecified atom stereocenters. The summed E-state index contributed by atoms with van der Waals surface area (Å²) >= 11 is 1.42. The van der Waals surface area contributed by atoms with Gasteiger partial charge in [-0.05, 0) is 25.7 Å². The van der Waals surface area contributed by atoms with E-state index in [4.69, 9.17) is 4.74 Å². The number of nitrogens with one attached hydrogen (secondary N) is 1. The molecule has 1 atom stereocenters. The first kappa shape index (κ1) is 11.8. The Hall–Kier alpha value is -0.680. The molecule has 1 aliphatic carbocycles. The van der Waals surface area contributed by atoms with Crippen molar-refractivity contribution >= 4 is 16.7 Å². The summed E-state index contributed by atoms with van der Waals surface area (Å²) in [6, 6.07) is 0.490. The predicted molar refractivity (Wildman–Crippen MR) is 65.7 cm³/mol. The minimum Gasteiger partial charge on any atom is -0.377 e. The van der Waals surface area contributed by atoms with Gasteiger partial charge in [-0.15, -0.1) is 0 Å². The van der Waals surface area contributed by atoms with E-state index in [-0.39, 0.29) is 0 Å². The van der Waals surface area contributed by atoms with Crippen molar-refractivity contribution in [3.8, 4) is 0 Å². The van der Waals surface area contributed by atoms with E-state index >= 15 is 0 Å². The zero-order chi connectivity index (χ0) is 11.4. The molecular formula is C11H19N3OS. The summed E-state index contributed by atoms with van der Waals surface area (Å²) in [7, 11) is 1.66. The van der Waals surface area contributed by atoms with Crippen LogP contribution in [0.5, 0.6) is 0 Å². The Morgan fingerprint density at radius 2 is 2.38 bits per heavy atom. The molecule has 90 valence electrons. The maximum atomic E-state index is 4.99. The van der Waals surface area contributed by atoms with Crippen LogP contribution in [0.3, 0.4) is 0 Å². The Labute approximate surface area is 101 Å². The monoisotopic (exact) mass is 241 g/mol. The lowest BCUT2D eigenvalue weighted by Crippen LogP contribution is -2.15. The van der Waals surface area contributed by atoms with Gasteiger partial charge in [0.05, 0.1) is 0 Å². The van der Waals surface area contributed by atoms with Crippen molar-refractivity contribution in [1.29, 1.82) is 0 Å². The van der Waals surface area contributed by atoms with E-state index in [2.05, 4.69) is 21.6 Å². The quantitative estimate of drug-likeness (QED) is 0.797. The second kappa shape index (κ2) is 5.59. The predicted octanol–water partition coefficient (Wildman–Crippen LogP) is 2.68. The van der Waals surface area contributed by atoms with Gasteiger partial charge in [0.1, 0.15) is 6.61 Å². The van der Waals surface area contributed by atoms with E-state index in [0.717, 1.165) is 16.9 Å². The van der Waals surface area contributed by atoms with Crippen molar-refractivity contribution in [2.75, 3.05) is 12.4 Å². The van der Waals surface area contributed by atoms with Gasteiger partial charge >= 0.3 is 0 Å². The molecule has 0 radical (unpaired) electrons. The Bertz CT molecular complexity index is 325. The third-order valence-corrected chi connectivity index (χ3v) is 3.50. The van der Waals surface area contributed by atoms with E-state index in [1.807, 2.05) is 0 Å². The van der Waals surface area contributed by atoms with Gasteiger partial charge in [0.25, 0.3) is 0 Å². The number of rotatable bonds is 7. The van der Waals surface area contributed by atoms with Crippen molar-refractivity contribution in [2.24, 2.45) is 5.92 Å². The first-order valence-corrected chi connectivity index (χ1v) is 6.63. The average molecular weight is 241 g/mol. The van der Waals surface area contributed by atoms with Crippen molar-refractivity contribution in [2.45, 2.75) is 45.3 Å². The first-order chi connectivity index (χ1) is 7.78. The van der Waals surface area contributed by atoms with Gasteiger partial charge in [-0.25, -0.2) is 4.98 Å². The van der Waals surface area contributed by atoms with Crippen LogP contribution in [0.1, 0.15) is 38.4 Å². The van der Waals surface area contributed by atoms with Crippen LogP contribution in [0.25, 0.3) is 0 Å². The Morgan fingerprint density at radius 3 is 3.06 bits per heavy atom. The van der Waals surface area contributed by atoms with Gasteiger partial charge in [0, 0.05) is 24.7 Å². The van der Waals surface area contributed by atoms with Crippen LogP contribution >= 0.6 is 11.5 Å². The lowest BCUT2D eigenvalue weighted by molar-refractivity contribution is 0.179. The lowest BCUT2D eigenvalue weighted by Gasteiger charge is -2.11. The highest BCUT2D eigenvalue weighted by Gasteiger charge is 2.21. The second-order valence-corrected chi connectivity index (χ2v) is 5.27. The van der Waals surface area contributed by atoms with Crippen LogP contribution < -0.4 is 5.32 Å². The standard InChI is InChI=1S/C11H19N3OS/c1-8(3-4-9-5-6-9)12-11-13-10(7-15-2)14-16-11/h8-9H,3-7H2,1-2H3,(H,12,13,14). The fraction of sp³-hybridized carbons (Fsp3) is 0.818. The largest absolute Gasteiger partial charge is 0.377 e. The van der Waals surface area contributed by atoms with Crippen molar-refractivity contribution in [3.63, 3.8) is 0 Å². The highest BCUT2D eigenvalue weighted by molar-refractivity contribution is 7.09. The maximum absolute atomic E-state index is 4.99. The number of nitrogens with zero attached hydrogens (tertiary/aromatic N) is 2. The minimum atomic E-state index is 0.490. The van der Waals surface area contributed by atoms with Crippen LogP contribution in [0.2, 0.25) is 0 Å². The summed E-state index contributed by atoms with van der Waals surface area (Å²) in [6.45, 7) is 2.70. The third kappa shape index (κ3) is 3.72. The summed E-state index contributed by atoms with van der Waals surface area (Å²) < 4.78 is 9.20. The zero-order valence-corrected chi connectivity index (χ0v) is 10.7. The third-order valence-electron chi connectivity index (χ3n) is 2.82. The lowest BCUT2D eigenvalue weighted by atomic mass is 10.1. The molecule has 1 aromatic heterocycles. The van der Waals surface area contributed by atoms with Gasteiger partial charge in [-0.1, -0.05) is 12.8 Å². The summed E-state index contributed by atoms with van der Waals surface area (Å²) in [5.74, 6) is 1.77. The fourth-order valence-electron chi connectivity index (χ4n) is 1.68. The molecule has 0 bridgehead atoms. The van der Waals surface area contributed by atoms with Gasteiger partial charge in [-0.2, -0.15) is 4.37 Å². The van der Waals surface area contributed by atoms with Crippen LogP contribution in [0.4, 0.5) is 5.13 Å². The van der Waals surface area contributed by atoms with Crippen molar-refractivity contribution in [1.82, 2.24) is 9.36 Å². The second-order valence-electron chi connectivity index (χ2n) is 4.51. The van der Waals surface area contributed by atoms with E-state index in [0.29, 0.717) is 12.6 Å². The molecule has 0 aliphatic heterocycles. The number of hydrogen-bond donors (Lipinski definition) is 1.